The lowest BCUT2D eigenvalue weighted by atomic mass is 9.91. The molecular weight excluding hydrogens is 192 g/mol. The zero-order chi connectivity index (χ0) is 10.5. The second-order valence-electron chi connectivity index (χ2n) is 4.71. The van der Waals surface area contributed by atoms with Crippen LogP contribution < -0.4 is 5.73 Å². The van der Waals surface area contributed by atoms with E-state index in [0.29, 0.717) is 18.9 Å². The second kappa shape index (κ2) is 3.06. The van der Waals surface area contributed by atoms with E-state index in [0.717, 1.165) is 29.9 Å². The van der Waals surface area contributed by atoms with Gasteiger partial charge in [-0.3, -0.25) is 0 Å². The number of hydrogen-bond donors (Lipinski definition) is 2. The molecule has 15 heavy (non-hydrogen) atoms. The molecule has 1 aromatic heterocycles. The van der Waals surface area contributed by atoms with Gasteiger partial charge in [0, 0.05) is 17.9 Å². The molecule has 3 rings (SSSR count). The second-order valence-corrected chi connectivity index (χ2v) is 4.71. The Morgan fingerprint density at radius 2 is 2.33 bits per heavy atom. The third-order valence-corrected chi connectivity index (χ3v) is 3.54. The first-order valence-corrected chi connectivity index (χ1v) is 5.66. The minimum atomic E-state index is -0.762. The summed E-state index contributed by atoms with van der Waals surface area (Å²) in [7, 11) is 0. The topological polar surface area (TPSA) is 72.3 Å². The fourth-order valence-corrected chi connectivity index (χ4v) is 2.58. The predicted molar refractivity (Wildman–Crippen MR) is 54.4 cm³/mol. The van der Waals surface area contributed by atoms with Crippen molar-refractivity contribution >= 4 is 0 Å². The third kappa shape index (κ3) is 1.32. The Labute approximate surface area is 88.4 Å². The van der Waals surface area contributed by atoms with Crippen LogP contribution in [0.3, 0.4) is 0 Å². The number of hydrogen-bond acceptors (Lipinski definition) is 4. The molecule has 0 aliphatic heterocycles. The largest absolute Gasteiger partial charge is 0.385 e. The maximum Gasteiger partial charge on any atom is 0.143 e. The lowest BCUT2D eigenvalue weighted by Crippen LogP contribution is -2.26. The van der Waals surface area contributed by atoms with E-state index in [1.807, 2.05) is 0 Å². The third-order valence-electron chi connectivity index (χ3n) is 3.54. The number of nitrogens with zero attached hydrogens (tertiary/aromatic N) is 1. The van der Waals surface area contributed by atoms with Crippen molar-refractivity contribution in [3.8, 4) is 0 Å². The van der Waals surface area contributed by atoms with Gasteiger partial charge < -0.3 is 15.4 Å². The molecule has 4 heteroatoms. The van der Waals surface area contributed by atoms with Gasteiger partial charge in [0.05, 0.1) is 11.3 Å². The average molecular weight is 208 g/mol. The molecule has 0 radical (unpaired) electrons. The van der Waals surface area contributed by atoms with Crippen molar-refractivity contribution in [3.63, 3.8) is 0 Å². The Morgan fingerprint density at radius 1 is 1.53 bits per heavy atom. The van der Waals surface area contributed by atoms with Crippen LogP contribution in [0.5, 0.6) is 0 Å². The summed E-state index contributed by atoms with van der Waals surface area (Å²) in [5.41, 5.74) is 6.75. The molecule has 1 saturated carbocycles. The van der Waals surface area contributed by atoms with Crippen LogP contribution in [-0.2, 0) is 12.0 Å². The minimum Gasteiger partial charge on any atom is -0.385 e. The summed E-state index contributed by atoms with van der Waals surface area (Å²) in [6.45, 7) is 0.505. The number of nitrogens with two attached hydrogens (primary N) is 1. The molecule has 0 spiro atoms. The summed E-state index contributed by atoms with van der Waals surface area (Å²) >= 11 is 0. The fraction of sp³-hybridized carbons (Fsp3) is 0.727. The number of aryl methyl sites for hydroxylation is 1. The van der Waals surface area contributed by atoms with Crippen molar-refractivity contribution in [2.24, 2.45) is 5.73 Å². The number of aliphatic hydroxyl groups is 1. The van der Waals surface area contributed by atoms with Crippen LogP contribution in [0.4, 0.5) is 0 Å². The van der Waals surface area contributed by atoms with Crippen molar-refractivity contribution in [1.82, 2.24) is 5.16 Å². The van der Waals surface area contributed by atoms with E-state index in [2.05, 4.69) is 5.16 Å². The highest BCUT2D eigenvalue weighted by molar-refractivity contribution is 5.38. The molecule has 1 atom stereocenters. The van der Waals surface area contributed by atoms with Gasteiger partial charge in [0.15, 0.2) is 0 Å². The summed E-state index contributed by atoms with van der Waals surface area (Å²) in [6, 6.07) is 0. The van der Waals surface area contributed by atoms with Crippen LogP contribution in [0.25, 0.3) is 0 Å². The Balaban J connectivity index is 2.02. The molecule has 0 bridgehead atoms. The van der Waals surface area contributed by atoms with Gasteiger partial charge in [-0.1, -0.05) is 5.16 Å². The molecule has 4 nitrogen and oxygen atoms in total. The maximum absolute atomic E-state index is 10.5. The highest BCUT2D eigenvalue weighted by Gasteiger charge is 2.45. The van der Waals surface area contributed by atoms with Gasteiger partial charge in [-0.05, 0) is 32.2 Å². The van der Waals surface area contributed by atoms with Crippen LogP contribution in [-0.4, -0.2) is 16.8 Å². The van der Waals surface area contributed by atoms with Crippen molar-refractivity contribution in [2.75, 3.05) is 6.54 Å². The standard InChI is InChI=1S/C11H16N2O2/c12-6-5-11(14)4-3-8-9(11)10(13-15-8)7-1-2-7/h7,14H,1-6,12H2. The highest BCUT2D eigenvalue weighted by atomic mass is 16.5. The van der Waals surface area contributed by atoms with Crippen molar-refractivity contribution < 1.29 is 9.63 Å². The first-order chi connectivity index (χ1) is 7.24. The highest BCUT2D eigenvalue weighted by Crippen LogP contribution is 2.49. The summed E-state index contributed by atoms with van der Waals surface area (Å²) in [6.07, 6.45) is 4.50. The van der Waals surface area contributed by atoms with Gasteiger partial charge >= 0.3 is 0 Å². The van der Waals surface area contributed by atoms with E-state index < -0.39 is 5.60 Å². The lowest BCUT2D eigenvalue weighted by Gasteiger charge is -2.22. The monoisotopic (exact) mass is 208 g/mol. The minimum absolute atomic E-state index is 0.505. The normalized spacial score (nSPS) is 29.5. The van der Waals surface area contributed by atoms with Gasteiger partial charge in [0.25, 0.3) is 0 Å². The molecule has 0 amide bonds. The first kappa shape index (κ1) is 9.36. The average Bonchev–Trinajstić information content (AvgIpc) is 2.87. The summed E-state index contributed by atoms with van der Waals surface area (Å²) in [4.78, 5) is 0. The molecule has 82 valence electrons. The Bertz CT molecular complexity index is 384. The van der Waals surface area contributed by atoms with Crippen LogP contribution in [0, 0.1) is 0 Å². The van der Waals surface area contributed by atoms with E-state index in [1.54, 1.807) is 0 Å². The van der Waals surface area contributed by atoms with Crippen LogP contribution in [0.15, 0.2) is 4.52 Å². The zero-order valence-electron chi connectivity index (χ0n) is 8.70. The smallest absolute Gasteiger partial charge is 0.143 e. The molecule has 1 heterocycles. The van der Waals surface area contributed by atoms with Crippen molar-refractivity contribution in [2.45, 2.75) is 43.6 Å². The van der Waals surface area contributed by atoms with Crippen molar-refractivity contribution in [1.29, 1.82) is 0 Å². The fourth-order valence-electron chi connectivity index (χ4n) is 2.58. The van der Waals surface area contributed by atoms with Gasteiger partial charge in [0.1, 0.15) is 5.76 Å². The van der Waals surface area contributed by atoms with E-state index in [-0.39, 0.29) is 0 Å². The van der Waals surface area contributed by atoms with Crippen LogP contribution >= 0.6 is 0 Å². The molecule has 2 aliphatic carbocycles. The van der Waals surface area contributed by atoms with E-state index >= 15 is 0 Å². The lowest BCUT2D eigenvalue weighted by molar-refractivity contribution is 0.0309. The predicted octanol–water partition coefficient (Wildman–Crippen LogP) is 1.03. The quantitative estimate of drug-likeness (QED) is 0.778. The molecule has 1 unspecified atom stereocenters. The Morgan fingerprint density at radius 3 is 3.00 bits per heavy atom. The number of aromatic nitrogens is 1. The van der Waals surface area contributed by atoms with E-state index in [9.17, 15) is 5.11 Å². The first-order valence-electron chi connectivity index (χ1n) is 5.66. The molecule has 1 aromatic rings. The molecule has 3 N–H and O–H groups in total. The number of fused-ring (bicyclic) bond motifs is 1. The van der Waals surface area contributed by atoms with Crippen molar-refractivity contribution in [3.05, 3.63) is 17.0 Å². The van der Waals surface area contributed by atoms with Crippen LogP contribution in [0.2, 0.25) is 0 Å². The van der Waals surface area contributed by atoms with Crippen LogP contribution in [0.1, 0.15) is 48.6 Å². The van der Waals surface area contributed by atoms with Gasteiger partial charge in [-0.25, -0.2) is 0 Å². The zero-order valence-corrected chi connectivity index (χ0v) is 8.70. The van der Waals surface area contributed by atoms with Gasteiger partial charge in [-0.2, -0.15) is 0 Å². The summed E-state index contributed by atoms with van der Waals surface area (Å²) in [5, 5.41) is 14.6. The summed E-state index contributed by atoms with van der Waals surface area (Å²) < 4.78 is 5.30. The van der Waals surface area contributed by atoms with Gasteiger partial charge in [0.2, 0.25) is 0 Å². The molecular formula is C11H16N2O2. The number of rotatable bonds is 3. The SMILES string of the molecule is NCCC1(O)CCc2onc(C3CC3)c21. The molecule has 2 aliphatic rings. The molecule has 0 aromatic carbocycles. The van der Waals surface area contributed by atoms with E-state index in [1.165, 1.54) is 12.8 Å². The summed E-state index contributed by atoms with van der Waals surface area (Å²) in [5.74, 6) is 1.41. The van der Waals surface area contributed by atoms with E-state index in [4.69, 9.17) is 10.3 Å². The molecule has 0 saturated heterocycles. The maximum atomic E-state index is 10.5. The Hall–Kier alpha value is -0.870. The van der Waals surface area contributed by atoms with Gasteiger partial charge in [-0.15, -0.1) is 0 Å². The molecule has 1 fully saturated rings. The Kier molecular flexibility index (Phi) is 1.91.